The summed E-state index contributed by atoms with van der Waals surface area (Å²) in [6, 6.07) is 22.6. The van der Waals surface area contributed by atoms with Gasteiger partial charge in [0.1, 0.15) is 5.82 Å². The Morgan fingerprint density at radius 3 is 2.35 bits per heavy atom. The third-order valence-corrected chi connectivity index (χ3v) is 7.50. The van der Waals surface area contributed by atoms with Crippen molar-refractivity contribution >= 4 is 10.8 Å². The molecule has 6 heteroatoms. The fourth-order valence-corrected chi connectivity index (χ4v) is 5.58. The number of hydrogen-bond donors (Lipinski definition) is 3. The van der Waals surface area contributed by atoms with E-state index < -0.39 is 0 Å². The number of imidazole rings is 2. The van der Waals surface area contributed by atoms with Gasteiger partial charge in [0, 0.05) is 23.8 Å². The minimum atomic E-state index is 0.246. The number of H-pyrrole nitrogens is 2. The van der Waals surface area contributed by atoms with Crippen molar-refractivity contribution < 1.29 is 0 Å². The van der Waals surface area contributed by atoms with E-state index in [0.29, 0.717) is 6.04 Å². The molecule has 3 N–H and O–H groups in total. The van der Waals surface area contributed by atoms with Crippen molar-refractivity contribution in [3.63, 3.8) is 0 Å². The smallest absolute Gasteiger partial charge is 0.129 e. The first-order valence-electron chi connectivity index (χ1n) is 12.9. The molecule has 1 aliphatic rings. The van der Waals surface area contributed by atoms with Gasteiger partial charge in [0.25, 0.3) is 0 Å². The van der Waals surface area contributed by atoms with Gasteiger partial charge in [0.15, 0.2) is 0 Å². The molecule has 1 aliphatic heterocycles. The van der Waals surface area contributed by atoms with Crippen molar-refractivity contribution in [2.75, 3.05) is 13.6 Å². The summed E-state index contributed by atoms with van der Waals surface area (Å²) in [7, 11) is 1.96. The monoisotopic (exact) mass is 488 g/mol. The van der Waals surface area contributed by atoms with Crippen LogP contribution in [0.15, 0.2) is 91.7 Å². The minimum Gasteiger partial charge on any atom is -0.361 e. The summed E-state index contributed by atoms with van der Waals surface area (Å²) in [5, 5.41) is 5.66. The number of likely N-dealkylation sites (N-methyl/N-ethyl adjacent to an activating group) is 1. The normalized spacial score (nSPS) is 17.5. The van der Waals surface area contributed by atoms with E-state index in [1.807, 2.05) is 19.4 Å². The van der Waals surface area contributed by atoms with Gasteiger partial charge >= 0.3 is 0 Å². The number of nitrogens with one attached hydrogen (secondary N) is 3. The quantitative estimate of drug-likeness (QED) is 0.243. The zero-order valence-electron chi connectivity index (χ0n) is 21.3. The molecule has 6 nitrogen and oxygen atoms in total. The van der Waals surface area contributed by atoms with E-state index >= 15 is 0 Å². The molecule has 186 valence electrons. The van der Waals surface area contributed by atoms with Crippen molar-refractivity contribution in [1.29, 1.82) is 0 Å². The summed E-state index contributed by atoms with van der Waals surface area (Å²) in [5.41, 5.74) is 7.88. The number of fused-ring (bicyclic) bond motifs is 1. The Bertz CT molecular complexity index is 1530. The zero-order chi connectivity index (χ0) is 25.4. The van der Waals surface area contributed by atoms with Crippen LogP contribution in [0.3, 0.4) is 0 Å². The Labute approximate surface area is 217 Å². The average molecular weight is 489 g/mol. The predicted octanol–water partition coefficient (Wildman–Crippen LogP) is 6.55. The molecule has 1 saturated heterocycles. The number of nitrogens with zero attached hydrogens (tertiary/aromatic N) is 3. The highest BCUT2D eigenvalue weighted by molar-refractivity contribution is 5.90. The number of hydrogen-bond acceptors (Lipinski definition) is 4. The molecule has 6 rings (SSSR count). The van der Waals surface area contributed by atoms with E-state index in [1.54, 1.807) is 6.33 Å². The number of rotatable bonds is 7. The number of aromatic nitrogens is 4. The Kier molecular flexibility index (Phi) is 6.10. The molecule has 37 heavy (non-hydrogen) atoms. The van der Waals surface area contributed by atoms with E-state index in [-0.39, 0.29) is 6.04 Å². The number of aromatic amines is 2. The summed E-state index contributed by atoms with van der Waals surface area (Å²) >= 11 is 0. The highest BCUT2D eigenvalue weighted by Crippen LogP contribution is 2.38. The van der Waals surface area contributed by atoms with Crippen molar-refractivity contribution in [3.8, 4) is 33.6 Å². The molecule has 3 heterocycles. The maximum atomic E-state index is 4.78. The molecule has 0 amide bonds. The molecular weight excluding hydrogens is 456 g/mol. The Balaban J connectivity index is 1.22. The number of likely N-dealkylation sites (tertiary alicyclic amines) is 1. The van der Waals surface area contributed by atoms with Crippen molar-refractivity contribution in [2.45, 2.75) is 31.8 Å². The van der Waals surface area contributed by atoms with E-state index in [4.69, 9.17) is 4.98 Å². The van der Waals surface area contributed by atoms with Gasteiger partial charge in [-0.05, 0) is 66.4 Å². The second-order valence-electron chi connectivity index (χ2n) is 9.95. The van der Waals surface area contributed by atoms with E-state index in [9.17, 15) is 0 Å². The van der Waals surface area contributed by atoms with Gasteiger partial charge in [-0.15, -0.1) is 0 Å². The van der Waals surface area contributed by atoms with Gasteiger partial charge < -0.3 is 20.2 Å². The van der Waals surface area contributed by atoms with Crippen LogP contribution in [0, 0.1) is 0 Å². The maximum absolute atomic E-state index is 4.78. The molecular formula is C31H32N6. The van der Waals surface area contributed by atoms with E-state index in [1.165, 1.54) is 21.9 Å². The Morgan fingerprint density at radius 2 is 1.62 bits per heavy atom. The lowest BCUT2D eigenvalue weighted by Crippen LogP contribution is -2.33. The number of benzene rings is 3. The van der Waals surface area contributed by atoms with E-state index in [0.717, 1.165) is 53.4 Å². The first kappa shape index (κ1) is 23.3. The third-order valence-electron chi connectivity index (χ3n) is 7.50. The average Bonchev–Trinajstić information content (AvgIpc) is 3.69. The molecule has 3 aromatic carbocycles. The van der Waals surface area contributed by atoms with Gasteiger partial charge in [-0.25, -0.2) is 9.97 Å². The first-order valence-corrected chi connectivity index (χ1v) is 12.9. The maximum Gasteiger partial charge on any atom is 0.129 e. The lowest BCUT2D eigenvalue weighted by Gasteiger charge is -2.31. The van der Waals surface area contributed by atoms with Crippen LogP contribution < -0.4 is 5.32 Å². The molecule has 0 unspecified atom stereocenters. The first-order chi connectivity index (χ1) is 18.1. The molecule has 1 fully saturated rings. The highest BCUT2D eigenvalue weighted by Gasteiger charge is 2.34. The summed E-state index contributed by atoms with van der Waals surface area (Å²) in [6.07, 6.45) is 7.75. The van der Waals surface area contributed by atoms with Crippen molar-refractivity contribution in [3.05, 3.63) is 97.5 Å². The van der Waals surface area contributed by atoms with Gasteiger partial charge in [-0.3, -0.25) is 0 Å². The van der Waals surface area contributed by atoms with Gasteiger partial charge in [0.05, 0.1) is 36.2 Å². The van der Waals surface area contributed by atoms with Gasteiger partial charge in [-0.2, -0.15) is 0 Å². The SMILES string of the molecule is C=C(CNC)N1[C@@H](C)CC[C@H]1c1ncc(-c2ccc(-c3ccc4cc(-c5cnc[nH]5)ccc4c3)cc2)[nH]1. The fourth-order valence-electron chi connectivity index (χ4n) is 5.58. The predicted molar refractivity (Wildman–Crippen MR) is 151 cm³/mol. The highest BCUT2D eigenvalue weighted by atomic mass is 15.2. The van der Waals surface area contributed by atoms with Crippen molar-refractivity contribution in [2.24, 2.45) is 0 Å². The van der Waals surface area contributed by atoms with Crippen LogP contribution in [-0.4, -0.2) is 44.5 Å². The van der Waals surface area contributed by atoms with E-state index in [2.05, 4.69) is 99.3 Å². The standard InChI is InChI=1S/C31H32N6/c1-20-4-13-30(37(20)21(2)16-32-3)31-34-18-29(36-31)23-7-5-22(6-8-23)24-9-10-26-15-27(12-11-25(26)14-24)28-17-33-19-35-28/h5-12,14-15,17-20,30,32H,2,4,13,16H2,1,3H3,(H,33,35)(H,34,36)/t20-,30-/m0/s1. The fraction of sp³-hybridized carbons (Fsp3) is 0.226. The molecule has 2 atom stereocenters. The second-order valence-corrected chi connectivity index (χ2v) is 9.95. The molecule has 0 spiro atoms. The minimum absolute atomic E-state index is 0.246. The summed E-state index contributed by atoms with van der Waals surface area (Å²) in [6.45, 7) is 7.37. The summed E-state index contributed by atoms with van der Waals surface area (Å²) in [5.74, 6) is 1.02. The summed E-state index contributed by atoms with van der Waals surface area (Å²) in [4.78, 5) is 18.1. The van der Waals surface area contributed by atoms with Crippen LogP contribution in [0.1, 0.15) is 31.6 Å². The topological polar surface area (TPSA) is 72.6 Å². The Hall–Kier alpha value is -4.16. The second kappa shape index (κ2) is 9.71. The van der Waals surface area contributed by atoms with Crippen LogP contribution in [0.4, 0.5) is 0 Å². The van der Waals surface area contributed by atoms with Crippen LogP contribution in [0.25, 0.3) is 44.4 Å². The van der Waals surface area contributed by atoms with Crippen LogP contribution >= 0.6 is 0 Å². The van der Waals surface area contributed by atoms with Gasteiger partial charge in [0.2, 0.25) is 0 Å². The lowest BCUT2D eigenvalue weighted by molar-refractivity contribution is 0.254. The third kappa shape index (κ3) is 4.45. The van der Waals surface area contributed by atoms with Gasteiger partial charge in [-0.1, -0.05) is 55.1 Å². The largest absolute Gasteiger partial charge is 0.361 e. The van der Waals surface area contributed by atoms with Crippen LogP contribution in [0.5, 0.6) is 0 Å². The molecule has 0 radical (unpaired) electrons. The lowest BCUT2D eigenvalue weighted by atomic mass is 9.98. The molecule has 0 bridgehead atoms. The Morgan fingerprint density at radius 1 is 0.919 bits per heavy atom. The molecule has 0 aliphatic carbocycles. The van der Waals surface area contributed by atoms with Crippen LogP contribution in [0.2, 0.25) is 0 Å². The molecule has 2 aromatic heterocycles. The van der Waals surface area contributed by atoms with Crippen molar-refractivity contribution in [1.82, 2.24) is 30.2 Å². The van der Waals surface area contributed by atoms with Crippen LogP contribution in [-0.2, 0) is 0 Å². The zero-order valence-corrected chi connectivity index (χ0v) is 21.3. The molecule has 0 saturated carbocycles. The summed E-state index contributed by atoms with van der Waals surface area (Å²) < 4.78 is 0. The molecule has 5 aromatic rings.